The van der Waals surface area contributed by atoms with Crippen LogP contribution in [0, 0.1) is 0 Å². The Balaban J connectivity index is 3.12. The SMILES string of the molecule is NC(N)CCCC(I)CCCCCCCCCCI. The number of halogens is 2. The van der Waals surface area contributed by atoms with Gasteiger partial charge in [0.1, 0.15) is 0 Å². The van der Waals surface area contributed by atoms with Gasteiger partial charge < -0.3 is 11.5 Å². The molecule has 0 fully saturated rings. The molecule has 1 atom stereocenters. The van der Waals surface area contributed by atoms with Gasteiger partial charge in [-0.25, -0.2) is 0 Å². The van der Waals surface area contributed by atoms with Crippen LogP contribution < -0.4 is 11.5 Å². The smallest absolute Gasteiger partial charge is 0.0520 e. The molecule has 0 saturated heterocycles. The Morgan fingerprint density at radius 2 is 1.11 bits per heavy atom. The fraction of sp³-hybridized carbons (Fsp3) is 1.00. The van der Waals surface area contributed by atoms with Crippen LogP contribution in [-0.2, 0) is 0 Å². The van der Waals surface area contributed by atoms with Crippen LogP contribution in [0.15, 0.2) is 0 Å². The van der Waals surface area contributed by atoms with E-state index < -0.39 is 0 Å². The molecule has 19 heavy (non-hydrogen) atoms. The predicted octanol–water partition coefficient (Wildman–Crippen LogP) is 5.15. The molecule has 1 unspecified atom stereocenters. The molecule has 0 amide bonds. The lowest BCUT2D eigenvalue weighted by Crippen LogP contribution is -2.30. The standard InChI is InChI=1S/C15H32I2N2/c16-13-8-6-4-2-1-3-5-7-10-14(17)11-9-12-15(18)19/h14-15H,1-13,18-19H2. The lowest BCUT2D eigenvalue weighted by atomic mass is 10.0. The second kappa shape index (κ2) is 15.8. The zero-order chi connectivity index (χ0) is 14.3. The number of alkyl halides is 2. The van der Waals surface area contributed by atoms with E-state index in [1.807, 2.05) is 0 Å². The zero-order valence-corrected chi connectivity index (χ0v) is 16.6. The monoisotopic (exact) mass is 494 g/mol. The fourth-order valence-electron chi connectivity index (χ4n) is 2.24. The van der Waals surface area contributed by atoms with Gasteiger partial charge in [0.25, 0.3) is 0 Å². The molecule has 0 heterocycles. The van der Waals surface area contributed by atoms with Crippen LogP contribution in [0.25, 0.3) is 0 Å². The van der Waals surface area contributed by atoms with E-state index in [9.17, 15) is 0 Å². The van der Waals surface area contributed by atoms with Crippen LogP contribution in [0.1, 0.15) is 77.0 Å². The Kier molecular flexibility index (Phi) is 16.9. The van der Waals surface area contributed by atoms with Gasteiger partial charge in [-0.15, -0.1) is 0 Å². The molecule has 4 heteroatoms. The number of hydrogen-bond acceptors (Lipinski definition) is 2. The van der Waals surface area contributed by atoms with Gasteiger partial charge in [0.2, 0.25) is 0 Å². The van der Waals surface area contributed by atoms with Crippen molar-refractivity contribution in [2.45, 2.75) is 87.1 Å². The summed E-state index contributed by atoms with van der Waals surface area (Å²) in [6.07, 6.45) is 16.1. The summed E-state index contributed by atoms with van der Waals surface area (Å²) in [6, 6.07) is 0. The predicted molar refractivity (Wildman–Crippen MR) is 104 cm³/mol. The van der Waals surface area contributed by atoms with E-state index in [-0.39, 0.29) is 6.17 Å². The first-order valence-corrected chi connectivity index (χ1v) is 10.6. The molecule has 0 aliphatic carbocycles. The maximum Gasteiger partial charge on any atom is 0.0520 e. The molecule has 0 radical (unpaired) electrons. The second-order valence-corrected chi connectivity index (χ2v) is 8.34. The Morgan fingerprint density at radius 1 is 0.632 bits per heavy atom. The highest BCUT2D eigenvalue weighted by atomic mass is 127. The highest BCUT2D eigenvalue weighted by Crippen LogP contribution is 2.19. The van der Waals surface area contributed by atoms with Gasteiger partial charge in [-0.2, -0.15) is 0 Å². The highest BCUT2D eigenvalue weighted by molar-refractivity contribution is 14.1. The van der Waals surface area contributed by atoms with Gasteiger partial charge in [-0.3, -0.25) is 0 Å². The summed E-state index contributed by atoms with van der Waals surface area (Å²) >= 11 is 5.06. The summed E-state index contributed by atoms with van der Waals surface area (Å²) in [5.41, 5.74) is 11.1. The number of rotatable bonds is 14. The van der Waals surface area contributed by atoms with E-state index in [4.69, 9.17) is 11.5 Å². The zero-order valence-electron chi connectivity index (χ0n) is 12.3. The number of hydrogen-bond donors (Lipinski definition) is 2. The molecule has 0 rings (SSSR count). The number of unbranched alkanes of at least 4 members (excludes halogenated alkanes) is 7. The van der Waals surface area contributed by atoms with E-state index in [1.165, 1.54) is 75.1 Å². The summed E-state index contributed by atoms with van der Waals surface area (Å²) in [5.74, 6) is 0. The van der Waals surface area contributed by atoms with E-state index in [2.05, 4.69) is 45.2 Å². The Bertz CT molecular complexity index is 178. The minimum absolute atomic E-state index is 0.115. The van der Waals surface area contributed by atoms with Gasteiger partial charge in [0, 0.05) is 3.92 Å². The van der Waals surface area contributed by atoms with E-state index in [0.29, 0.717) is 0 Å². The second-order valence-electron chi connectivity index (χ2n) is 5.50. The first kappa shape index (κ1) is 20.4. The minimum atomic E-state index is -0.115. The van der Waals surface area contributed by atoms with Gasteiger partial charge in [-0.1, -0.05) is 90.1 Å². The lowest BCUT2D eigenvalue weighted by molar-refractivity contribution is 0.536. The molecule has 0 bridgehead atoms. The maximum atomic E-state index is 5.55. The Hall–Kier alpha value is 1.38. The van der Waals surface area contributed by atoms with Crippen molar-refractivity contribution in [2.24, 2.45) is 11.5 Å². The summed E-state index contributed by atoms with van der Waals surface area (Å²) in [7, 11) is 0. The van der Waals surface area contributed by atoms with Crippen LogP contribution in [0.2, 0.25) is 0 Å². The van der Waals surface area contributed by atoms with E-state index in [1.54, 1.807) is 0 Å². The van der Waals surface area contributed by atoms with Crippen LogP contribution in [0.4, 0.5) is 0 Å². The first-order valence-electron chi connectivity index (χ1n) is 7.88. The maximum absolute atomic E-state index is 5.55. The molecular formula is C15H32I2N2. The van der Waals surface area contributed by atoms with Crippen molar-refractivity contribution in [3.05, 3.63) is 0 Å². The van der Waals surface area contributed by atoms with Gasteiger partial charge >= 0.3 is 0 Å². The topological polar surface area (TPSA) is 52.0 Å². The number of nitrogens with two attached hydrogens (primary N) is 2. The van der Waals surface area contributed by atoms with Gasteiger partial charge in [0.15, 0.2) is 0 Å². The third-order valence-corrected chi connectivity index (χ3v) is 5.46. The molecule has 116 valence electrons. The average Bonchev–Trinajstić information content (AvgIpc) is 2.36. The van der Waals surface area contributed by atoms with Crippen molar-refractivity contribution in [1.29, 1.82) is 0 Å². The molecule has 4 N–H and O–H groups in total. The van der Waals surface area contributed by atoms with Crippen molar-refractivity contribution >= 4 is 45.2 Å². The minimum Gasteiger partial charge on any atom is -0.316 e. The lowest BCUT2D eigenvalue weighted by Gasteiger charge is -2.10. The largest absolute Gasteiger partial charge is 0.316 e. The molecule has 0 aliphatic rings. The Labute approximate surface area is 147 Å². The molecular weight excluding hydrogens is 462 g/mol. The summed E-state index contributed by atoms with van der Waals surface area (Å²) in [6.45, 7) is 0. The summed E-state index contributed by atoms with van der Waals surface area (Å²) in [4.78, 5) is 0. The molecule has 2 nitrogen and oxygen atoms in total. The quantitative estimate of drug-likeness (QED) is 0.152. The fourth-order valence-corrected chi connectivity index (χ4v) is 3.66. The molecule has 0 aromatic rings. The third kappa shape index (κ3) is 17.3. The van der Waals surface area contributed by atoms with Crippen LogP contribution in [-0.4, -0.2) is 14.5 Å². The van der Waals surface area contributed by atoms with Gasteiger partial charge in [-0.05, 0) is 36.5 Å². The Morgan fingerprint density at radius 3 is 1.63 bits per heavy atom. The third-order valence-electron chi connectivity index (χ3n) is 3.46. The first-order chi connectivity index (χ1) is 9.16. The van der Waals surface area contributed by atoms with Crippen molar-refractivity contribution in [3.8, 4) is 0 Å². The van der Waals surface area contributed by atoms with Gasteiger partial charge in [0.05, 0.1) is 6.17 Å². The van der Waals surface area contributed by atoms with Crippen molar-refractivity contribution in [1.82, 2.24) is 0 Å². The van der Waals surface area contributed by atoms with Crippen LogP contribution in [0.5, 0.6) is 0 Å². The van der Waals surface area contributed by atoms with Crippen molar-refractivity contribution in [3.63, 3.8) is 0 Å². The normalized spacial score (nSPS) is 13.1. The van der Waals surface area contributed by atoms with Crippen molar-refractivity contribution < 1.29 is 0 Å². The molecule has 0 spiro atoms. The molecule has 0 aromatic carbocycles. The molecule has 0 saturated carbocycles. The van der Waals surface area contributed by atoms with E-state index in [0.717, 1.165) is 10.3 Å². The van der Waals surface area contributed by atoms with E-state index >= 15 is 0 Å². The highest BCUT2D eigenvalue weighted by Gasteiger charge is 2.04. The molecule has 0 aliphatic heterocycles. The summed E-state index contributed by atoms with van der Waals surface area (Å²) in [5, 5.41) is 0. The van der Waals surface area contributed by atoms with Crippen LogP contribution in [0.3, 0.4) is 0 Å². The molecule has 0 aromatic heterocycles. The van der Waals surface area contributed by atoms with Crippen LogP contribution >= 0.6 is 45.2 Å². The average molecular weight is 494 g/mol. The van der Waals surface area contributed by atoms with Crippen molar-refractivity contribution in [2.75, 3.05) is 4.43 Å². The summed E-state index contributed by atoms with van der Waals surface area (Å²) < 4.78 is 2.14.